The number of aliphatic imine (C=N–C) groups is 1. The molecule has 1 amide bonds. The first-order chi connectivity index (χ1) is 12.4. The summed E-state index contributed by atoms with van der Waals surface area (Å²) in [5.41, 5.74) is -0.262. The van der Waals surface area contributed by atoms with E-state index in [4.69, 9.17) is 0 Å². The molecule has 7 heteroatoms. The van der Waals surface area contributed by atoms with Crippen molar-refractivity contribution >= 4 is 35.8 Å². The van der Waals surface area contributed by atoms with Crippen LogP contribution in [0.4, 0.5) is 0 Å². The van der Waals surface area contributed by atoms with Gasteiger partial charge in [-0.05, 0) is 31.6 Å². The molecule has 0 atom stereocenters. The molecule has 1 saturated heterocycles. The van der Waals surface area contributed by atoms with E-state index in [0.717, 1.165) is 63.5 Å². The molecule has 1 heterocycles. The van der Waals surface area contributed by atoms with Gasteiger partial charge in [-0.15, -0.1) is 24.0 Å². The fourth-order valence-corrected chi connectivity index (χ4v) is 4.41. The summed E-state index contributed by atoms with van der Waals surface area (Å²) in [6, 6.07) is 0.466. The van der Waals surface area contributed by atoms with Crippen molar-refractivity contribution in [3.63, 3.8) is 0 Å². The van der Waals surface area contributed by atoms with E-state index in [1.165, 1.54) is 6.54 Å². The molecule has 0 unspecified atom stereocenters. The van der Waals surface area contributed by atoms with Crippen LogP contribution in [0, 0.1) is 11.3 Å². The van der Waals surface area contributed by atoms with Crippen LogP contribution in [-0.4, -0.2) is 75.0 Å². The van der Waals surface area contributed by atoms with Crippen molar-refractivity contribution in [2.75, 3.05) is 47.3 Å². The maximum atomic E-state index is 12.7. The Kier molecular flexibility index (Phi) is 10.4. The fourth-order valence-electron chi connectivity index (χ4n) is 4.41. The smallest absolute Gasteiger partial charge is 0.230 e. The molecule has 2 fully saturated rings. The van der Waals surface area contributed by atoms with Crippen LogP contribution in [0.15, 0.2) is 4.99 Å². The zero-order valence-corrected chi connectivity index (χ0v) is 20.2. The number of hydrogen-bond acceptors (Lipinski definition) is 3. The maximum absolute atomic E-state index is 12.7. The average molecular weight is 493 g/mol. The first kappa shape index (κ1) is 24.5. The molecule has 2 rings (SSSR count). The van der Waals surface area contributed by atoms with Gasteiger partial charge in [0.05, 0.1) is 5.41 Å². The molecule has 1 saturated carbocycles. The monoisotopic (exact) mass is 493 g/mol. The minimum atomic E-state index is -0.262. The Morgan fingerprint density at radius 1 is 1.22 bits per heavy atom. The van der Waals surface area contributed by atoms with Crippen LogP contribution >= 0.6 is 24.0 Å². The summed E-state index contributed by atoms with van der Waals surface area (Å²) in [6.45, 7) is 8.73. The molecule has 0 bridgehead atoms. The number of hydrogen-bond donors (Lipinski definition) is 2. The number of piperidine rings is 1. The van der Waals surface area contributed by atoms with E-state index in [1.54, 1.807) is 4.90 Å². The van der Waals surface area contributed by atoms with Gasteiger partial charge in [0, 0.05) is 53.4 Å². The summed E-state index contributed by atoms with van der Waals surface area (Å²) in [5.74, 6) is 1.82. The summed E-state index contributed by atoms with van der Waals surface area (Å²) in [5, 5.41) is 7.03. The van der Waals surface area contributed by atoms with Crippen molar-refractivity contribution in [2.24, 2.45) is 16.3 Å². The predicted octanol–water partition coefficient (Wildman–Crippen LogP) is 2.54. The summed E-state index contributed by atoms with van der Waals surface area (Å²) >= 11 is 0. The van der Waals surface area contributed by atoms with Crippen LogP contribution in [0.1, 0.15) is 52.4 Å². The third kappa shape index (κ3) is 7.07. The van der Waals surface area contributed by atoms with Crippen molar-refractivity contribution in [3.8, 4) is 0 Å². The third-order valence-corrected chi connectivity index (χ3v) is 5.79. The van der Waals surface area contributed by atoms with E-state index in [1.807, 2.05) is 21.1 Å². The van der Waals surface area contributed by atoms with E-state index >= 15 is 0 Å². The standard InChI is InChI=1S/C20H39N5O.HI/c1-16(2)14-25-12-8-17(9-13-25)23-19(21-3)22-15-20(10-6-7-11-20)18(26)24(4)5;/h16-17H,6-15H2,1-5H3,(H2,21,22,23);1H. The second-order valence-corrected chi connectivity index (χ2v) is 8.73. The Hall–Kier alpha value is -0.570. The highest BCUT2D eigenvalue weighted by Crippen LogP contribution is 2.38. The number of guanidine groups is 1. The number of amides is 1. The van der Waals surface area contributed by atoms with Gasteiger partial charge in [0.25, 0.3) is 0 Å². The number of rotatable bonds is 6. The molecule has 0 spiro atoms. The van der Waals surface area contributed by atoms with Crippen LogP contribution in [0.3, 0.4) is 0 Å². The number of carbonyl (C=O) groups is 1. The van der Waals surface area contributed by atoms with Crippen molar-refractivity contribution in [3.05, 3.63) is 0 Å². The first-order valence-corrected chi connectivity index (χ1v) is 10.3. The van der Waals surface area contributed by atoms with Crippen molar-refractivity contribution in [1.82, 2.24) is 20.4 Å². The lowest BCUT2D eigenvalue weighted by molar-refractivity contribution is -0.138. The van der Waals surface area contributed by atoms with Gasteiger partial charge < -0.3 is 20.4 Å². The Morgan fingerprint density at radius 3 is 2.30 bits per heavy atom. The summed E-state index contributed by atoms with van der Waals surface area (Å²) in [7, 11) is 5.54. The topological polar surface area (TPSA) is 60.0 Å². The third-order valence-electron chi connectivity index (χ3n) is 5.79. The van der Waals surface area contributed by atoms with Gasteiger partial charge in [-0.1, -0.05) is 26.7 Å². The lowest BCUT2D eigenvalue weighted by Crippen LogP contribution is -2.52. The summed E-state index contributed by atoms with van der Waals surface area (Å²) in [4.78, 5) is 21.4. The fraction of sp³-hybridized carbons (Fsp3) is 0.900. The molecule has 6 nitrogen and oxygen atoms in total. The number of likely N-dealkylation sites (tertiary alicyclic amines) is 1. The van der Waals surface area contributed by atoms with E-state index in [0.29, 0.717) is 12.6 Å². The van der Waals surface area contributed by atoms with Crippen molar-refractivity contribution in [2.45, 2.75) is 58.4 Å². The van der Waals surface area contributed by atoms with Crippen molar-refractivity contribution in [1.29, 1.82) is 0 Å². The Labute approximate surface area is 182 Å². The highest BCUT2D eigenvalue weighted by atomic mass is 127. The van der Waals surface area contributed by atoms with Gasteiger partial charge >= 0.3 is 0 Å². The summed E-state index contributed by atoms with van der Waals surface area (Å²) < 4.78 is 0. The number of halogens is 1. The van der Waals surface area contributed by atoms with E-state index in [-0.39, 0.29) is 35.3 Å². The molecular formula is C20H40IN5O. The van der Waals surface area contributed by atoms with Gasteiger partial charge in [-0.3, -0.25) is 9.79 Å². The van der Waals surface area contributed by atoms with Gasteiger partial charge in [0.2, 0.25) is 5.91 Å². The van der Waals surface area contributed by atoms with Gasteiger partial charge in [-0.25, -0.2) is 0 Å². The van der Waals surface area contributed by atoms with Crippen LogP contribution < -0.4 is 10.6 Å². The second kappa shape index (κ2) is 11.4. The zero-order chi connectivity index (χ0) is 19.2. The molecule has 1 aliphatic heterocycles. The Bertz CT molecular complexity index is 481. The molecule has 2 N–H and O–H groups in total. The summed E-state index contributed by atoms with van der Waals surface area (Å²) in [6.07, 6.45) is 6.52. The van der Waals surface area contributed by atoms with Gasteiger partial charge in [-0.2, -0.15) is 0 Å². The maximum Gasteiger partial charge on any atom is 0.230 e. The second-order valence-electron chi connectivity index (χ2n) is 8.73. The molecular weight excluding hydrogens is 453 g/mol. The molecule has 27 heavy (non-hydrogen) atoms. The molecule has 0 aromatic carbocycles. The minimum Gasteiger partial charge on any atom is -0.355 e. The number of carbonyl (C=O) groups excluding carboxylic acids is 1. The number of nitrogens with one attached hydrogen (secondary N) is 2. The zero-order valence-electron chi connectivity index (χ0n) is 17.9. The highest BCUT2D eigenvalue weighted by Gasteiger charge is 2.42. The predicted molar refractivity (Wildman–Crippen MR) is 124 cm³/mol. The highest BCUT2D eigenvalue weighted by molar-refractivity contribution is 14.0. The average Bonchev–Trinajstić information content (AvgIpc) is 3.09. The minimum absolute atomic E-state index is 0. The Balaban J connectivity index is 0.00000364. The van der Waals surface area contributed by atoms with Crippen molar-refractivity contribution < 1.29 is 4.79 Å². The van der Waals surface area contributed by atoms with E-state index < -0.39 is 0 Å². The number of nitrogens with zero attached hydrogens (tertiary/aromatic N) is 3. The van der Waals surface area contributed by atoms with Crippen LogP contribution in [-0.2, 0) is 4.79 Å². The SMILES string of the molecule is CN=C(NCC1(C(=O)N(C)C)CCCC1)NC1CCN(CC(C)C)CC1.I. The van der Waals surface area contributed by atoms with E-state index in [9.17, 15) is 4.79 Å². The van der Waals surface area contributed by atoms with Gasteiger partial charge in [0.1, 0.15) is 0 Å². The lowest BCUT2D eigenvalue weighted by atomic mass is 9.84. The molecule has 2 aliphatic rings. The molecule has 0 radical (unpaired) electrons. The molecule has 158 valence electrons. The molecule has 0 aromatic heterocycles. The van der Waals surface area contributed by atoms with Crippen LogP contribution in [0.5, 0.6) is 0 Å². The lowest BCUT2D eigenvalue weighted by Gasteiger charge is -2.35. The van der Waals surface area contributed by atoms with E-state index in [2.05, 4.69) is 34.4 Å². The first-order valence-electron chi connectivity index (χ1n) is 10.3. The molecule has 0 aromatic rings. The normalized spacial score (nSPS) is 21.0. The van der Waals surface area contributed by atoms with Crippen LogP contribution in [0.2, 0.25) is 0 Å². The van der Waals surface area contributed by atoms with Gasteiger partial charge in [0.15, 0.2) is 5.96 Å². The quantitative estimate of drug-likeness (QED) is 0.339. The van der Waals surface area contributed by atoms with Crippen LogP contribution in [0.25, 0.3) is 0 Å². The Morgan fingerprint density at radius 2 is 1.81 bits per heavy atom. The molecule has 1 aliphatic carbocycles. The largest absolute Gasteiger partial charge is 0.355 e.